The van der Waals surface area contributed by atoms with Crippen molar-refractivity contribution in [3.05, 3.63) is 102 Å². The third-order valence-corrected chi connectivity index (χ3v) is 5.61. The average Bonchev–Trinajstić information content (AvgIpc) is 2.76. The van der Waals surface area contributed by atoms with Gasteiger partial charge in [0.25, 0.3) is 17.1 Å². The second-order valence-corrected chi connectivity index (χ2v) is 7.67. The molecule has 0 aliphatic rings. The maximum atomic E-state index is 11.7. The second kappa shape index (κ2) is 9.40. The molecule has 0 aliphatic heterocycles. The molecule has 0 saturated heterocycles. The topological polar surface area (TPSA) is 190 Å². The summed E-state index contributed by atoms with van der Waals surface area (Å²) in [5.74, 6) is -2.77. The zero-order chi connectivity index (χ0) is 25.2. The molecule has 0 amide bonds. The fourth-order valence-electron chi connectivity index (χ4n) is 4.00. The predicted molar refractivity (Wildman–Crippen MR) is 119 cm³/mol. The maximum absolute atomic E-state index is 11.7. The van der Waals surface area contributed by atoms with E-state index in [4.69, 9.17) is 0 Å². The molecule has 3 aromatic rings. The van der Waals surface area contributed by atoms with Gasteiger partial charge in [0.15, 0.2) is 0 Å². The molecule has 3 N–H and O–H groups in total. The van der Waals surface area contributed by atoms with Gasteiger partial charge in [-0.1, -0.05) is 6.92 Å². The van der Waals surface area contributed by atoms with Gasteiger partial charge in [-0.3, -0.25) is 30.3 Å². The van der Waals surface area contributed by atoms with Gasteiger partial charge in [0.2, 0.25) is 0 Å². The lowest BCUT2D eigenvalue weighted by Crippen LogP contribution is -2.15. The summed E-state index contributed by atoms with van der Waals surface area (Å²) in [6, 6.07) is 10.0. The quantitative estimate of drug-likeness (QED) is 0.311. The van der Waals surface area contributed by atoms with Crippen LogP contribution in [-0.4, -0.2) is 30.1 Å². The van der Waals surface area contributed by atoms with Gasteiger partial charge in [0.1, 0.15) is 17.2 Å². The van der Waals surface area contributed by atoms with Crippen molar-refractivity contribution in [3.63, 3.8) is 0 Å². The zero-order valence-corrected chi connectivity index (χ0v) is 17.7. The van der Waals surface area contributed by atoms with Crippen molar-refractivity contribution in [3.8, 4) is 17.2 Å². The van der Waals surface area contributed by atoms with Gasteiger partial charge in [0, 0.05) is 40.8 Å². The van der Waals surface area contributed by atoms with Crippen LogP contribution in [0.4, 0.5) is 17.1 Å². The van der Waals surface area contributed by atoms with Gasteiger partial charge in [-0.2, -0.15) is 0 Å². The third-order valence-electron chi connectivity index (χ3n) is 5.61. The fraction of sp³-hybridized carbons (Fsp3) is 0.182. The largest absolute Gasteiger partial charge is 0.508 e. The van der Waals surface area contributed by atoms with E-state index in [-0.39, 0.29) is 51.7 Å². The van der Waals surface area contributed by atoms with Crippen LogP contribution < -0.4 is 0 Å². The van der Waals surface area contributed by atoms with Crippen LogP contribution in [0.5, 0.6) is 17.2 Å². The molecule has 0 bridgehead atoms. The summed E-state index contributed by atoms with van der Waals surface area (Å²) in [5, 5.41) is 64.8. The van der Waals surface area contributed by atoms with Crippen molar-refractivity contribution in [1.82, 2.24) is 0 Å². The summed E-state index contributed by atoms with van der Waals surface area (Å²) < 4.78 is 0. The number of hydrogen-bond acceptors (Lipinski definition) is 9. The second-order valence-electron chi connectivity index (χ2n) is 7.67. The van der Waals surface area contributed by atoms with Crippen molar-refractivity contribution < 1.29 is 30.1 Å². The number of hydrogen-bond donors (Lipinski definition) is 3. The lowest BCUT2D eigenvalue weighted by molar-refractivity contribution is -0.386. The minimum absolute atomic E-state index is 0.0206. The Morgan fingerprint density at radius 1 is 0.676 bits per heavy atom. The van der Waals surface area contributed by atoms with Crippen molar-refractivity contribution in [2.24, 2.45) is 0 Å². The van der Waals surface area contributed by atoms with Crippen LogP contribution in [0.25, 0.3) is 0 Å². The highest BCUT2D eigenvalue weighted by atomic mass is 16.6. The van der Waals surface area contributed by atoms with Crippen LogP contribution in [0.3, 0.4) is 0 Å². The van der Waals surface area contributed by atoms with E-state index in [1.165, 1.54) is 6.92 Å². The molecule has 3 aromatic carbocycles. The van der Waals surface area contributed by atoms with Crippen LogP contribution in [0.2, 0.25) is 0 Å². The van der Waals surface area contributed by atoms with Crippen molar-refractivity contribution in [2.45, 2.75) is 25.2 Å². The summed E-state index contributed by atoms with van der Waals surface area (Å²) in [7, 11) is 0. The van der Waals surface area contributed by atoms with E-state index in [2.05, 4.69) is 0 Å². The van der Waals surface area contributed by atoms with E-state index in [9.17, 15) is 45.7 Å². The Balaban J connectivity index is 2.27. The van der Waals surface area contributed by atoms with Gasteiger partial charge in [-0.25, -0.2) is 0 Å². The van der Waals surface area contributed by atoms with Crippen LogP contribution in [0, 0.1) is 30.3 Å². The Kier molecular flexibility index (Phi) is 6.61. The highest BCUT2D eigenvalue weighted by Crippen LogP contribution is 2.45. The SMILES string of the molecule is CC(c1cc(O)ccc1[N+](=O)[O-])C(Cc1cc(O)ccc1[N+](=O)[O-])c1cc(O)ccc1[N+](=O)[O-]. The monoisotopic (exact) mass is 469 g/mol. The first-order valence-corrected chi connectivity index (χ1v) is 9.90. The molecule has 0 heterocycles. The number of nitro benzene ring substituents is 3. The number of benzene rings is 3. The molecular formula is C22H19N3O9. The highest BCUT2D eigenvalue weighted by molar-refractivity contribution is 5.54. The Morgan fingerprint density at radius 2 is 1.09 bits per heavy atom. The molecular weight excluding hydrogens is 450 g/mol. The molecule has 0 saturated carbocycles. The summed E-state index contributed by atoms with van der Waals surface area (Å²) in [6.07, 6.45) is -0.247. The van der Waals surface area contributed by atoms with Gasteiger partial charge >= 0.3 is 0 Å². The van der Waals surface area contributed by atoms with E-state index < -0.39 is 32.3 Å². The number of phenols is 3. The molecule has 2 unspecified atom stereocenters. The summed E-state index contributed by atoms with van der Waals surface area (Å²) in [6.45, 7) is 1.52. The molecule has 0 radical (unpaired) electrons. The minimum Gasteiger partial charge on any atom is -0.508 e. The zero-order valence-electron chi connectivity index (χ0n) is 17.7. The standard InChI is InChI=1S/C22H19N3O9/c1-12(18-10-15(27)3-6-21(18)24(31)32)17(19-11-16(28)4-7-22(19)25(33)34)9-13-8-14(26)2-5-20(13)23(29)30/h2-8,10-12,17,26-28H,9H2,1H3. The number of aromatic hydroxyl groups is 3. The highest BCUT2D eigenvalue weighted by Gasteiger charge is 2.34. The van der Waals surface area contributed by atoms with Crippen LogP contribution in [0.15, 0.2) is 54.6 Å². The summed E-state index contributed by atoms with van der Waals surface area (Å²) in [4.78, 5) is 32.9. The lowest BCUT2D eigenvalue weighted by Gasteiger charge is -2.25. The Hall–Kier alpha value is -4.74. The number of phenolic OH excluding ortho intramolecular Hbond substituents is 3. The normalized spacial score (nSPS) is 12.6. The molecule has 0 aromatic heterocycles. The van der Waals surface area contributed by atoms with Gasteiger partial charge < -0.3 is 15.3 Å². The summed E-state index contributed by atoms with van der Waals surface area (Å²) >= 11 is 0. The van der Waals surface area contributed by atoms with Crippen LogP contribution in [-0.2, 0) is 6.42 Å². The van der Waals surface area contributed by atoms with Crippen LogP contribution in [0.1, 0.15) is 35.4 Å². The molecule has 0 spiro atoms. The van der Waals surface area contributed by atoms with E-state index >= 15 is 0 Å². The minimum atomic E-state index is -1.01. The Labute approximate surface area is 191 Å². The number of rotatable bonds is 8. The summed E-state index contributed by atoms with van der Waals surface area (Å²) in [5.41, 5.74) is -1.07. The van der Waals surface area contributed by atoms with E-state index in [0.29, 0.717) is 0 Å². The first-order valence-electron chi connectivity index (χ1n) is 9.90. The first kappa shape index (κ1) is 23.9. The Morgan fingerprint density at radius 3 is 1.59 bits per heavy atom. The maximum Gasteiger partial charge on any atom is 0.273 e. The Bertz CT molecular complexity index is 1290. The third kappa shape index (κ3) is 4.85. The smallest absolute Gasteiger partial charge is 0.273 e. The first-order chi connectivity index (χ1) is 16.0. The lowest BCUT2D eigenvalue weighted by atomic mass is 9.77. The number of nitro groups is 3. The van der Waals surface area contributed by atoms with E-state index in [1.54, 1.807) is 0 Å². The van der Waals surface area contributed by atoms with Gasteiger partial charge in [-0.05, 0) is 48.7 Å². The van der Waals surface area contributed by atoms with E-state index in [0.717, 1.165) is 54.6 Å². The molecule has 176 valence electrons. The number of nitrogens with zero attached hydrogens (tertiary/aromatic N) is 3. The molecule has 12 nitrogen and oxygen atoms in total. The fourth-order valence-corrected chi connectivity index (χ4v) is 4.00. The van der Waals surface area contributed by atoms with E-state index in [1.807, 2.05) is 0 Å². The molecule has 0 aliphatic carbocycles. The molecule has 12 heteroatoms. The average molecular weight is 469 g/mol. The molecule has 34 heavy (non-hydrogen) atoms. The van der Waals surface area contributed by atoms with Gasteiger partial charge in [-0.15, -0.1) is 0 Å². The molecule has 3 rings (SSSR count). The van der Waals surface area contributed by atoms with Crippen molar-refractivity contribution >= 4 is 17.1 Å². The molecule has 2 atom stereocenters. The van der Waals surface area contributed by atoms with Crippen molar-refractivity contribution in [1.29, 1.82) is 0 Å². The molecule has 0 fully saturated rings. The van der Waals surface area contributed by atoms with Gasteiger partial charge in [0.05, 0.1) is 14.8 Å². The van der Waals surface area contributed by atoms with Crippen molar-refractivity contribution in [2.75, 3.05) is 0 Å². The van der Waals surface area contributed by atoms with Crippen LogP contribution >= 0.6 is 0 Å². The predicted octanol–water partition coefficient (Wildman–Crippen LogP) is 4.66.